The first-order chi connectivity index (χ1) is 10.7. The highest BCUT2D eigenvalue weighted by atomic mass is 35.5. The molecule has 0 spiro atoms. The molecule has 0 saturated carbocycles. The summed E-state index contributed by atoms with van der Waals surface area (Å²) >= 11 is 11.7. The summed E-state index contributed by atoms with van der Waals surface area (Å²) in [7, 11) is 0. The van der Waals surface area contributed by atoms with Crippen LogP contribution in [0.4, 0.5) is 9.18 Å². The van der Waals surface area contributed by atoms with Gasteiger partial charge in [-0.15, -0.1) is 0 Å². The zero-order valence-electron chi connectivity index (χ0n) is 13.2. The van der Waals surface area contributed by atoms with Gasteiger partial charge in [-0.1, -0.05) is 30.1 Å². The molecule has 0 aromatic heterocycles. The highest BCUT2D eigenvalue weighted by molar-refractivity contribution is 6.35. The molecule has 23 heavy (non-hydrogen) atoms. The van der Waals surface area contributed by atoms with Crippen molar-refractivity contribution in [2.45, 2.75) is 39.3 Å². The summed E-state index contributed by atoms with van der Waals surface area (Å²) in [4.78, 5) is 23.2. The minimum atomic E-state index is -0.586. The van der Waals surface area contributed by atoms with E-state index in [1.807, 2.05) is 13.8 Å². The number of halogens is 3. The zero-order chi connectivity index (χ0) is 17.6. The van der Waals surface area contributed by atoms with Crippen LogP contribution in [0.1, 0.15) is 38.8 Å². The van der Waals surface area contributed by atoms with E-state index in [-0.39, 0.29) is 17.6 Å². The molecule has 0 aliphatic heterocycles. The average Bonchev–Trinajstić information content (AvgIpc) is 2.48. The van der Waals surface area contributed by atoms with Gasteiger partial charge in [-0.3, -0.25) is 10.1 Å². The Kier molecular flexibility index (Phi) is 7.75. The van der Waals surface area contributed by atoms with Crippen LogP contribution in [0.3, 0.4) is 0 Å². The number of benzene rings is 1. The molecule has 0 fully saturated rings. The van der Waals surface area contributed by atoms with Crippen molar-refractivity contribution in [2.75, 3.05) is 6.54 Å². The number of nitrogens with one attached hydrogen (secondary N) is 3. The van der Waals surface area contributed by atoms with E-state index in [1.165, 1.54) is 12.1 Å². The van der Waals surface area contributed by atoms with Crippen molar-refractivity contribution in [1.82, 2.24) is 16.0 Å². The third-order valence-corrected chi connectivity index (χ3v) is 3.93. The summed E-state index contributed by atoms with van der Waals surface area (Å²) < 4.78 is 13.5. The van der Waals surface area contributed by atoms with Crippen LogP contribution in [0.2, 0.25) is 10.0 Å². The van der Waals surface area contributed by atoms with E-state index in [0.29, 0.717) is 10.6 Å². The highest BCUT2D eigenvalue weighted by Crippen LogP contribution is 2.28. The maximum absolute atomic E-state index is 13.5. The van der Waals surface area contributed by atoms with Gasteiger partial charge in [0.1, 0.15) is 5.82 Å². The van der Waals surface area contributed by atoms with Crippen LogP contribution < -0.4 is 16.0 Å². The Balaban J connectivity index is 2.53. The molecule has 3 N–H and O–H groups in total. The molecule has 0 heterocycles. The molecule has 1 aromatic carbocycles. The molecule has 0 radical (unpaired) electrons. The number of amides is 3. The second kappa shape index (κ2) is 9.05. The van der Waals surface area contributed by atoms with E-state index in [1.54, 1.807) is 6.92 Å². The summed E-state index contributed by atoms with van der Waals surface area (Å²) in [6.45, 7) is 5.36. The van der Waals surface area contributed by atoms with Gasteiger partial charge >= 0.3 is 6.03 Å². The molecule has 2 atom stereocenters. The maximum Gasteiger partial charge on any atom is 0.321 e. The Morgan fingerprint density at radius 3 is 2.48 bits per heavy atom. The van der Waals surface area contributed by atoms with E-state index in [0.717, 1.165) is 6.42 Å². The van der Waals surface area contributed by atoms with Crippen LogP contribution in [0, 0.1) is 5.82 Å². The van der Waals surface area contributed by atoms with Crippen molar-refractivity contribution < 1.29 is 14.0 Å². The van der Waals surface area contributed by atoms with E-state index < -0.39 is 23.8 Å². The fourth-order valence-electron chi connectivity index (χ4n) is 1.76. The van der Waals surface area contributed by atoms with Crippen LogP contribution >= 0.6 is 23.2 Å². The van der Waals surface area contributed by atoms with Gasteiger partial charge < -0.3 is 10.6 Å². The lowest BCUT2D eigenvalue weighted by atomic mass is 10.1. The molecule has 1 rings (SSSR count). The molecule has 0 aliphatic rings. The van der Waals surface area contributed by atoms with Crippen molar-refractivity contribution in [2.24, 2.45) is 0 Å². The number of carbonyl (C=O) groups is 2. The standard InChI is InChI=1S/C15H20Cl2FN3O2/c1-4-8(2)20-15(23)21-14(22)7-19-9(3)10-5-13(18)12(17)6-11(10)16/h5-6,8-9,19H,4,7H2,1-3H3,(H2,20,21,22,23)/t8-,9-/m0/s1. The number of hydrogen-bond acceptors (Lipinski definition) is 3. The first-order valence-corrected chi connectivity index (χ1v) is 7.98. The molecular formula is C15H20Cl2FN3O2. The Morgan fingerprint density at radius 1 is 1.22 bits per heavy atom. The van der Waals surface area contributed by atoms with Crippen LogP contribution in [0.25, 0.3) is 0 Å². The molecule has 128 valence electrons. The summed E-state index contributed by atoms with van der Waals surface area (Å²) in [5.41, 5.74) is 0.477. The molecule has 0 unspecified atom stereocenters. The normalized spacial score (nSPS) is 13.3. The van der Waals surface area contributed by atoms with Crippen molar-refractivity contribution in [3.8, 4) is 0 Å². The fraction of sp³-hybridized carbons (Fsp3) is 0.467. The Morgan fingerprint density at radius 2 is 1.87 bits per heavy atom. The number of urea groups is 1. The summed E-state index contributed by atoms with van der Waals surface area (Å²) in [6.07, 6.45) is 0.761. The van der Waals surface area contributed by atoms with Gasteiger partial charge in [-0.2, -0.15) is 0 Å². The third kappa shape index (κ3) is 6.33. The van der Waals surface area contributed by atoms with Crippen LogP contribution in [0.5, 0.6) is 0 Å². The molecular weight excluding hydrogens is 344 g/mol. The first-order valence-electron chi connectivity index (χ1n) is 7.22. The number of carbonyl (C=O) groups excluding carboxylic acids is 2. The second-order valence-electron chi connectivity index (χ2n) is 5.22. The lowest BCUT2D eigenvalue weighted by Gasteiger charge is -2.16. The molecule has 0 bridgehead atoms. The van der Waals surface area contributed by atoms with Gasteiger partial charge in [0.15, 0.2) is 0 Å². The van der Waals surface area contributed by atoms with Gasteiger partial charge in [0.25, 0.3) is 0 Å². The van der Waals surface area contributed by atoms with E-state index in [9.17, 15) is 14.0 Å². The second-order valence-corrected chi connectivity index (χ2v) is 6.04. The predicted octanol–water partition coefficient (Wildman–Crippen LogP) is 3.41. The molecule has 3 amide bonds. The van der Waals surface area contributed by atoms with Gasteiger partial charge in [0, 0.05) is 17.1 Å². The van der Waals surface area contributed by atoms with E-state index in [2.05, 4.69) is 16.0 Å². The average molecular weight is 364 g/mol. The Hall–Kier alpha value is -1.37. The summed E-state index contributed by atoms with van der Waals surface area (Å²) in [5, 5.41) is 7.93. The predicted molar refractivity (Wildman–Crippen MR) is 89.3 cm³/mol. The van der Waals surface area contributed by atoms with Crippen LogP contribution in [0.15, 0.2) is 12.1 Å². The molecule has 8 heteroatoms. The topological polar surface area (TPSA) is 70.2 Å². The Labute approximate surface area is 144 Å². The molecule has 0 saturated heterocycles. The Bertz CT molecular complexity index is 584. The molecule has 0 aliphatic carbocycles. The van der Waals surface area contributed by atoms with Crippen LogP contribution in [-0.2, 0) is 4.79 Å². The smallest absolute Gasteiger partial charge is 0.321 e. The molecule has 1 aromatic rings. The van der Waals surface area contributed by atoms with Crippen molar-refractivity contribution in [3.05, 3.63) is 33.6 Å². The lowest BCUT2D eigenvalue weighted by molar-refractivity contribution is -0.119. The minimum absolute atomic E-state index is 0.0227. The maximum atomic E-state index is 13.5. The first kappa shape index (κ1) is 19.7. The number of imide groups is 1. The summed E-state index contributed by atoms with van der Waals surface area (Å²) in [6, 6.07) is 1.57. The fourth-order valence-corrected chi connectivity index (χ4v) is 2.31. The lowest BCUT2D eigenvalue weighted by Crippen LogP contribution is -2.46. The quantitative estimate of drug-likeness (QED) is 0.678. The number of hydrogen-bond donors (Lipinski definition) is 3. The highest BCUT2D eigenvalue weighted by Gasteiger charge is 2.15. The van der Waals surface area contributed by atoms with Gasteiger partial charge in [0.05, 0.1) is 11.6 Å². The minimum Gasteiger partial charge on any atom is -0.335 e. The van der Waals surface area contributed by atoms with E-state index >= 15 is 0 Å². The van der Waals surface area contributed by atoms with Crippen LogP contribution in [-0.4, -0.2) is 24.5 Å². The van der Waals surface area contributed by atoms with Gasteiger partial charge in [-0.25, -0.2) is 9.18 Å². The monoisotopic (exact) mass is 363 g/mol. The number of rotatable bonds is 6. The van der Waals surface area contributed by atoms with E-state index in [4.69, 9.17) is 23.2 Å². The zero-order valence-corrected chi connectivity index (χ0v) is 14.7. The van der Waals surface area contributed by atoms with Gasteiger partial charge in [0.2, 0.25) is 5.91 Å². The van der Waals surface area contributed by atoms with Crippen molar-refractivity contribution in [1.29, 1.82) is 0 Å². The SMILES string of the molecule is CC[C@H](C)NC(=O)NC(=O)CN[C@@H](C)c1cc(F)c(Cl)cc1Cl. The van der Waals surface area contributed by atoms with Gasteiger partial charge in [-0.05, 0) is 38.0 Å². The third-order valence-electron chi connectivity index (χ3n) is 3.32. The largest absolute Gasteiger partial charge is 0.335 e. The molecule has 5 nitrogen and oxygen atoms in total. The summed E-state index contributed by atoms with van der Waals surface area (Å²) in [5.74, 6) is -1.08. The van der Waals surface area contributed by atoms with Crippen molar-refractivity contribution >= 4 is 35.1 Å². The van der Waals surface area contributed by atoms with Crippen molar-refractivity contribution in [3.63, 3.8) is 0 Å².